The molecule has 3 heterocycles. The number of carbonyl (C=O) groups is 1. The third-order valence-corrected chi connectivity index (χ3v) is 7.40. The first-order valence-electron chi connectivity index (χ1n) is 9.07. The minimum absolute atomic E-state index is 0.0298. The molecule has 0 atom stereocenters. The van der Waals surface area contributed by atoms with Gasteiger partial charge in [0.2, 0.25) is 10.0 Å². The Morgan fingerprint density at radius 1 is 1.31 bits per heavy atom. The van der Waals surface area contributed by atoms with Gasteiger partial charge in [0.05, 0.1) is 11.4 Å². The molecule has 1 N–H and O–H groups in total. The maximum atomic E-state index is 12.9. The van der Waals surface area contributed by atoms with Crippen LogP contribution in [0.2, 0.25) is 0 Å². The van der Waals surface area contributed by atoms with Crippen LogP contribution in [0.4, 0.5) is 5.13 Å². The second-order valence-corrected chi connectivity index (χ2v) is 10.0. The number of rotatable bonds is 5. The Balaban J connectivity index is 1.46. The van der Waals surface area contributed by atoms with Crippen molar-refractivity contribution < 1.29 is 17.7 Å². The Morgan fingerprint density at radius 3 is 2.86 bits per heavy atom. The van der Waals surface area contributed by atoms with Gasteiger partial charge in [-0.1, -0.05) is 35.0 Å². The average molecular weight is 433 g/mol. The highest BCUT2D eigenvalue weighted by Gasteiger charge is 2.29. The van der Waals surface area contributed by atoms with Crippen LogP contribution in [0.25, 0.3) is 0 Å². The highest BCUT2D eigenvalue weighted by atomic mass is 32.2. The first-order valence-corrected chi connectivity index (χ1v) is 11.5. The molecule has 2 aromatic heterocycles. The molecule has 29 heavy (non-hydrogen) atoms. The van der Waals surface area contributed by atoms with E-state index in [1.54, 1.807) is 13.0 Å². The van der Waals surface area contributed by atoms with Crippen molar-refractivity contribution >= 4 is 32.4 Å². The molecule has 0 radical (unpaired) electrons. The molecule has 0 aliphatic carbocycles. The van der Waals surface area contributed by atoms with Gasteiger partial charge >= 0.3 is 0 Å². The van der Waals surface area contributed by atoms with Crippen LogP contribution in [0.15, 0.2) is 34.9 Å². The molecule has 1 aromatic carbocycles. The number of hydrogen-bond donors (Lipinski definition) is 1. The van der Waals surface area contributed by atoms with Crippen LogP contribution >= 0.6 is 11.3 Å². The van der Waals surface area contributed by atoms with E-state index in [-0.39, 0.29) is 18.0 Å². The first kappa shape index (κ1) is 19.7. The van der Waals surface area contributed by atoms with Gasteiger partial charge in [0, 0.05) is 30.5 Å². The van der Waals surface area contributed by atoms with Crippen molar-refractivity contribution in [2.24, 2.45) is 0 Å². The third-order valence-electron chi connectivity index (χ3n) is 4.60. The fraction of sp³-hybridized carbons (Fsp3) is 0.316. The van der Waals surface area contributed by atoms with Gasteiger partial charge in [-0.2, -0.15) is 4.31 Å². The van der Waals surface area contributed by atoms with Crippen molar-refractivity contribution in [1.29, 1.82) is 0 Å². The van der Waals surface area contributed by atoms with Crippen molar-refractivity contribution in [3.05, 3.63) is 63.5 Å². The van der Waals surface area contributed by atoms with Gasteiger partial charge in [-0.05, 0) is 19.4 Å². The topological polar surface area (TPSA) is 105 Å². The number of aromatic nitrogens is 2. The number of aryl methyl sites for hydroxylation is 2. The first-order chi connectivity index (χ1) is 13.8. The summed E-state index contributed by atoms with van der Waals surface area (Å²) in [5.41, 5.74) is 2.81. The van der Waals surface area contributed by atoms with Crippen LogP contribution in [0.5, 0.6) is 0 Å². The molecule has 3 aromatic rings. The van der Waals surface area contributed by atoms with Crippen molar-refractivity contribution in [2.45, 2.75) is 32.6 Å². The van der Waals surface area contributed by atoms with E-state index in [2.05, 4.69) is 15.5 Å². The Morgan fingerprint density at radius 2 is 2.14 bits per heavy atom. The summed E-state index contributed by atoms with van der Waals surface area (Å²) in [5, 5.41) is 6.82. The van der Waals surface area contributed by atoms with Gasteiger partial charge in [-0.15, -0.1) is 11.3 Å². The molecule has 1 aliphatic rings. The van der Waals surface area contributed by atoms with E-state index in [0.29, 0.717) is 23.9 Å². The molecular formula is C19H20N4O4S2. The maximum Gasteiger partial charge on any atom is 0.279 e. The SMILES string of the molecule is Cc1cccc(CS(=O)(=O)N2CCc3nc(NC(=O)c4cc(C)on4)sc3C2)c1. The van der Waals surface area contributed by atoms with Crippen LogP contribution in [0, 0.1) is 13.8 Å². The maximum absolute atomic E-state index is 12.9. The predicted molar refractivity (Wildman–Crippen MR) is 109 cm³/mol. The number of sulfonamides is 1. The molecular weight excluding hydrogens is 412 g/mol. The Bertz CT molecular complexity index is 1170. The average Bonchev–Trinajstić information content (AvgIpc) is 3.26. The quantitative estimate of drug-likeness (QED) is 0.665. The molecule has 10 heteroatoms. The molecule has 1 aliphatic heterocycles. The van der Waals surface area contributed by atoms with Crippen LogP contribution in [-0.4, -0.2) is 35.3 Å². The summed E-state index contributed by atoms with van der Waals surface area (Å²) in [6, 6.07) is 9.06. The van der Waals surface area contributed by atoms with E-state index in [9.17, 15) is 13.2 Å². The molecule has 8 nitrogen and oxygen atoms in total. The molecule has 0 bridgehead atoms. The lowest BCUT2D eigenvalue weighted by Gasteiger charge is -2.25. The van der Waals surface area contributed by atoms with Crippen molar-refractivity contribution in [1.82, 2.24) is 14.4 Å². The second kappa shape index (κ2) is 7.69. The van der Waals surface area contributed by atoms with Crippen molar-refractivity contribution in [2.75, 3.05) is 11.9 Å². The minimum atomic E-state index is -3.45. The lowest BCUT2D eigenvalue weighted by Crippen LogP contribution is -2.36. The van der Waals surface area contributed by atoms with Crippen LogP contribution < -0.4 is 5.32 Å². The third kappa shape index (κ3) is 4.39. The van der Waals surface area contributed by atoms with Gasteiger partial charge in [-0.3, -0.25) is 10.1 Å². The van der Waals surface area contributed by atoms with Gasteiger partial charge in [0.15, 0.2) is 10.8 Å². The molecule has 152 valence electrons. The molecule has 0 fully saturated rings. The zero-order valence-corrected chi connectivity index (χ0v) is 17.6. The van der Waals surface area contributed by atoms with E-state index in [4.69, 9.17) is 4.52 Å². The summed E-state index contributed by atoms with van der Waals surface area (Å²) < 4.78 is 32.1. The standard InChI is InChI=1S/C19H20N4O4S2/c1-12-4-3-5-14(8-12)11-29(25,26)23-7-6-15-17(10-23)28-19(20-15)21-18(24)16-9-13(2)27-22-16/h3-5,8-9H,6-7,10-11H2,1-2H3,(H,20,21,24). The summed E-state index contributed by atoms with van der Waals surface area (Å²) in [5.74, 6) is 0.109. The fourth-order valence-electron chi connectivity index (χ4n) is 3.20. The fourth-order valence-corrected chi connectivity index (χ4v) is 5.78. The zero-order chi connectivity index (χ0) is 20.6. The number of nitrogens with one attached hydrogen (secondary N) is 1. The van der Waals surface area contributed by atoms with E-state index >= 15 is 0 Å². The number of nitrogens with zero attached hydrogens (tertiary/aromatic N) is 3. The summed E-state index contributed by atoms with van der Waals surface area (Å²) in [7, 11) is -3.45. The number of benzene rings is 1. The normalized spacial score (nSPS) is 14.6. The number of hydrogen-bond acceptors (Lipinski definition) is 7. The van der Waals surface area contributed by atoms with Crippen LogP contribution in [-0.2, 0) is 28.7 Å². The summed E-state index contributed by atoms with van der Waals surface area (Å²) in [6.45, 7) is 4.29. The minimum Gasteiger partial charge on any atom is -0.361 e. The number of thiazole rings is 1. The lowest BCUT2D eigenvalue weighted by molar-refractivity contribution is 0.101. The Hall–Kier alpha value is -2.56. The molecule has 0 spiro atoms. The van der Waals surface area contributed by atoms with Crippen LogP contribution in [0.3, 0.4) is 0 Å². The monoisotopic (exact) mass is 432 g/mol. The smallest absolute Gasteiger partial charge is 0.279 e. The van der Waals surface area contributed by atoms with Gasteiger partial charge < -0.3 is 4.52 Å². The second-order valence-electron chi connectivity index (χ2n) is 6.99. The van der Waals surface area contributed by atoms with Gasteiger partial charge in [0.25, 0.3) is 5.91 Å². The zero-order valence-electron chi connectivity index (χ0n) is 16.0. The number of anilines is 1. The highest BCUT2D eigenvalue weighted by molar-refractivity contribution is 7.88. The molecule has 0 unspecified atom stereocenters. The highest BCUT2D eigenvalue weighted by Crippen LogP contribution is 2.30. The lowest BCUT2D eigenvalue weighted by atomic mass is 10.2. The van der Waals surface area contributed by atoms with E-state index < -0.39 is 15.9 Å². The summed E-state index contributed by atoms with van der Waals surface area (Å²) >= 11 is 1.29. The van der Waals surface area contributed by atoms with Crippen molar-refractivity contribution in [3.8, 4) is 0 Å². The molecule has 0 saturated carbocycles. The van der Waals surface area contributed by atoms with E-state index in [1.165, 1.54) is 15.6 Å². The molecule has 4 rings (SSSR count). The predicted octanol–water partition coefficient (Wildman–Crippen LogP) is 2.89. The number of fused-ring (bicyclic) bond motifs is 1. The summed E-state index contributed by atoms with van der Waals surface area (Å²) in [6.07, 6.45) is 0.512. The number of amides is 1. The Labute approximate surface area is 172 Å². The van der Waals surface area contributed by atoms with Gasteiger partial charge in [-0.25, -0.2) is 13.4 Å². The molecule has 1 amide bonds. The summed E-state index contributed by atoms with van der Waals surface area (Å²) in [4.78, 5) is 17.5. The van der Waals surface area contributed by atoms with E-state index in [1.807, 2.05) is 31.2 Å². The van der Waals surface area contributed by atoms with Gasteiger partial charge in [0.1, 0.15) is 5.76 Å². The molecule has 0 saturated heterocycles. The van der Waals surface area contributed by atoms with Crippen LogP contribution in [0.1, 0.15) is 37.9 Å². The van der Waals surface area contributed by atoms with Crippen molar-refractivity contribution in [3.63, 3.8) is 0 Å². The van der Waals surface area contributed by atoms with E-state index in [0.717, 1.165) is 21.7 Å². The largest absolute Gasteiger partial charge is 0.361 e. The Kier molecular flexibility index (Phi) is 5.24. The number of carbonyl (C=O) groups excluding carboxylic acids is 1.